The summed E-state index contributed by atoms with van der Waals surface area (Å²) in [4.78, 5) is 8.52. The average molecular weight is 356 g/mol. The number of hydrogen-bond acceptors (Lipinski definition) is 5. The summed E-state index contributed by atoms with van der Waals surface area (Å²) in [7, 11) is 4.76. The van der Waals surface area contributed by atoms with Crippen LogP contribution in [-0.2, 0) is 0 Å². The van der Waals surface area contributed by atoms with E-state index in [1.807, 2.05) is 0 Å². The molecule has 0 aliphatic heterocycles. The number of nitrogens with zero attached hydrogens (tertiary/aromatic N) is 2. The van der Waals surface area contributed by atoms with Gasteiger partial charge in [0, 0.05) is 0 Å². The molecule has 0 radical (unpaired) electrons. The van der Waals surface area contributed by atoms with Crippen molar-refractivity contribution < 1.29 is 13.9 Å². The highest BCUT2D eigenvalue weighted by atomic mass is 79.9. The Morgan fingerprint density at radius 1 is 1.29 bits per heavy atom. The molecule has 0 aliphatic carbocycles. The van der Waals surface area contributed by atoms with E-state index in [0.717, 1.165) is 0 Å². The average Bonchev–Trinajstić information content (AvgIpc) is 2.52. The molecule has 0 fully saturated rings. The van der Waals surface area contributed by atoms with Gasteiger partial charge in [-0.2, -0.15) is 4.98 Å². The Labute approximate surface area is 130 Å². The Balaban J connectivity index is 2.53. The van der Waals surface area contributed by atoms with Crippen LogP contribution in [0.3, 0.4) is 0 Å². The number of ether oxygens (including phenoxy) is 2. The van der Waals surface area contributed by atoms with E-state index in [-0.39, 0.29) is 11.9 Å². The van der Waals surface area contributed by atoms with Crippen LogP contribution >= 0.6 is 15.9 Å². The van der Waals surface area contributed by atoms with Crippen LogP contribution in [0.4, 0.5) is 4.39 Å². The molecule has 2 rings (SSSR count). The Bertz CT molecular complexity index is 640. The minimum Gasteiger partial charge on any atom is -0.480 e. The molecule has 112 valence electrons. The van der Waals surface area contributed by atoms with E-state index in [1.54, 1.807) is 19.2 Å². The zero-order valence-corrected chi connectivity index (χ0v) is 13.4. The number of aromatic nitrogens is 2. The number of nitrogens with one attached hydrogen (secondary N) is 1. The van der Waals surface area contributed by atoms with Gasteiger partial charge >= 0.3 is 0 Å². The number of benzene rings is 1. The van der Waals surface area contributed by atoms with E-state index >= 15 is 0 Å². The molecule has 1 aromatic carbocycles. The highest BCUT2D eigenvalue weighted by Crippen LogP contribution is 2.33. The minimum atomic E-state index is -0.372. The first-order valence-corrected chi connectivity index (χ1v) is 6.97. The highest BCUT2D eigenvalue weighted by Gasteiger charge is 2.23. The molecule has 2 aromatic rings. The molecule has 0 saturated carbocycles. The fourth-order valence-corrected chi connectivity index (χ4v) is 2.49. The molecule has 1 unspecified atom stereocenters. The molecule has 0 saturated heterocycles. The maximum Gasteiger partial charge on any atom is 0.240 e. The Morgan fingerprint density at radius 2 is 2.05 bits per heavy atom. The monoisotopic (exact) mass is 355 g/mol. The summed E-state index contributed by atoms with van der Waals surface area (Å²) in [6.07, 6.45) is 1.50. The summed E-state index contributed by atoms with van der Waals surface area (Å²) < 4.78 is 24.4. The first-order valence-electron chi connectivity index (χ1n) is 6.18. The van der Waals surface area contributed by atoms with Crippen LogP contribution < -0.4 is 14.8 Å². The molecule has 21 heavy (non-hydrogen) atoms. The van der Waals surface area contributed by atoms with Crippen LogP contribution in [0.5, 0.6) is 11.8 Å². The fraction of sp³-hybridized carbons (Fsp3) is 0.286. The van der Waals surface area contributed by atoms with Gasteiger partial charge in [0.05, 0.1) is 30.9 Å². The highest BCUT2D eigenvalue weighted by molar-refractivity contribution is 9.10. The summed E-state index contributed by atoms with van der Waals surface area (Å²) in [5.74, 6) is 0.335. The Kier molecular flexibility index (Phi) is 5.08. The van der Waals surface area contributed by atoms with E-state index < -0.39 is 0 Å². The van der Waals surface area contributed by atoms with Crippen LogP contribution in [0.1, 0.15) is 17.3 Å². The second-order valence-corrected chi connectivity index (χ2v) is 4.96. The topological polar surface area (TPSA) is 56.3 Å². The second kappa shape index (κ2) is 6.82. The maximum atomic E-state index is 13.7. The lowest BCUT2D eigenvalue weighted by molar-refractivity contribution is 0.353. The van der Waals surface area contributed by atoms with Gasteiger partial charge in [0.2, 0.25) is 11.8 Å². The SMILES string of the molecule is CNC(c1cccc(F)c1Br)c1ncc(OC)nc1OC. The van der Waals surface area contributed by atoms with Crippen molar-refractivity contribution in [2.75, 3.05) is 21.3 Å². The van der Waals surface area contributed by atoms with Crippen molar-refractivity contribution in [2.24, 2.45) is 0 Å². The van der Waals surface area contributed by atoms with E-state index in [9.17, 15) is 4.39 Å². The van der Waals surface area contributed by atoms with Gasteiger partial charge in [0.15, 0.2) is 0 Å². The molecule has 0 aliphatic rings. The van der Waals surface area contributed by atoms with Gasteiger partial charge in [-0.05, 0) is 34.6 Å². The third-order valence-electron chi connectivity index (χ3n) is 3.00. The normalized spacial score (nSPS) is 12.0. The van der Waals surface area contributed by atoms with Crippen molar-refractivity contribution in [2.45, 2.75) is 6.04 Å². The summed E-state index contributed by atoms with van der Waals surface area (Å²) in [6, 6.07) is 4.46. The maximum absolute atomic E-state index is 13.7. The largest absolute Gasteiger partial charge is 0.480 e. The summed E-state index contributed by atoms with van der Waals surface area (Å²) in [5.41, 5.74) is 1.25. The molecule has 1 aromatic heterocycles. The van der Waals surface area contributed by atoms with E-state index in [0.29, 0.717) is 27.5 Å². The summed E-state index contributed by atoms with van der Waals surface area (Å²) >= 11 is 3.26. The van der Waals surface area contributed by atoms with Crippen molar-refractivity contribution in [3.05, 3.63) is 45.9 Å². The van der Waals surface area contributed by atoms with Gasteiger partial charge in [-0.1, -0.05) is 12.1 Å². The van der Waals surface area contributed by atoms with Crippen LogP contribution in [0.15, 0.2) is 28.9 Å². The molecule has 0 spiro atoms. The van der Waals surface area contributed by atoms with E-state index in [4.69, 9.17) is 9.47 Å². The predicted octanol–water partition coefficient (Wildman–Crippen LogP) is 2.70. The third kappa shape index (κ3) is 3.14. The summed E-state index contributed by atoms with van der Waals surface area (Å²) in [6.45, 7) is 0. The Hall–Kier alpha value is -1.73. The van der Waals surface area contributed by atoms with Crippen LogP contribution in [-0.4, -0.2) is 31.2 Å². The molecule has 0 bridgehead atoms. The van der Waals surface area contributed by atoms with Crippen LogP contribution in [0, 0.1) is 5.82 Å². The first kappa shape index (κ1) is 15.7. The number of methoxy groups -OCH3 is 2. The second-order valence-electron chi connectivity index (χ2n) is 4.17. The lowest BCUT2D eigenvalue weighted by Crippen LogP contribution is -2.21. The van der Waals surface area contributed by atoms with Gasteiger partial charge < -0.3 is 14.8 Å². The molecule has 1 N–H and O–H groups in total. The molecular formula is C14H15BrFN3O2. The van der Waals surface area contributed by atoms with Crippen molar-refractivity contribution in [3.8, 4) is 11.8 Å². The van der Waals surface area contributed by atoms with Crippen LogP contribution in [0.2, 0.25) is 0 Å². The molecule has 5 nitrogen and oxygen atoms in total. The van der Waals surface area contributed by atoms with Crippen molar-refractivity contribution in [1.82, 2.24) is 15.3 Å². The van der Waals surface area contributed by atoms with Crippen molar-refractivity contribution in [3.63, 3.8) is 0 Å². The molecule has 1 heterocycles. The number of rotatable bonds is 5. The molecule has 1 atom stereocenters. The Morgan fingerprint density at radius 3 is 2.67 bits per heavy atom. The standard InChI is InChI=1S/C14H15BrFN3O2/c1-17-12(8-5-4-6-9(16)11(8)15)13-14(21-3)19-10(20-2)7-18-13/h4-7,12,17H,1-3H3. The minimum absolute atomic E-state index is 0.324. The van der Waals surface area contributed by atoms with Gasteiger partial charge in [-0.3, -0.25) is 0 Å². The van der Waals surface area contributed by atoms with E-state index in [1.165, 1.54) is 26.5 Å². The quantitative estimate of drug-likeness (QED) is 0.893. The van der Waals surface area contributed by atoms with Gasteiger partial charge in [-0.25, -0.2) is 9.37 Å². The van der Waals surface area contributed by atoms with Gasteiger partial charge in [-0.15, -0.1) is 0 Å². The summed E-state index contributed by atoms with van der Waals surface area (Å²) in [5, 5.41) is 3.09. The lowest BCUT2D eigenvalue weighted by Gasteiger charge is -2.19. The van der Waals surface area contributed by atoms with Crippen molar-refractivity contribution >= 4 is 15.9 Å². The molecular weight excluding hydrogens is 341 g/mol. The smallest absolute Gasteiger partial charge is 0.240 e. The molecule has 0 amide bonds. The van der Waals surface area contributed by atoms with Gasteiger partial charge in [0.1, 0.15) is 11.5 Å². The number of halogens is 2. The zero-order chi connectivity index (χ0) is 15.4. The lowest BCUT2D eigenvalue weighted by atomic mass is 10.0. The fourth-order valence-electron chi connectivity index (χ4n) is 2.00. The predicted molar refractivity (Wildman–Crippen MR) is 80.1 cm³/mol. The van der Waals surface area contributed by atoms with Crippen LogP contribution in [0.25, 0.3) is 0 Å². The number of hydrogen-bond donors (Lipinski definition) is 1. The molecule has 7 heteroatoms. The van der Waals surface area contributed by atoms with E-state index in [2.05, 4.69) is 31.2 Å². The third-order valence-corrected chi connectivity index (χ3v) is 3.84. The first-order chi connectivity index (χ1) is 10.1. The zero-order valence-electron chi connectivity index (χ0n) is 11.9. The van der Waals surface area contributed by atoms with Crippen molar-refractivity contribution in [1.29, 1.82) is 0 Å². The van der Waals surface area contributed by atoms with Gasteiger partial charge in [0.25, 0.3) is 0 Å².